The molecule has 0 aliphatic carbocycles. The maximum Gasteiger partial charge on any atom is 0.414 e. The van der Waals surface area contributed by atoms with Crippen LogP contribution in [0.3, 0.4) is 0 Å². The molecular formula is C22H33N3O5. The van der Waals surface area contributed by atoms with E-state index >= 15 is 0 Å². The van der Waals surface area contributed by atoms with Crippen molar-refractivity contribution in [2.24, 2.45) is 0 Å². The lowest BCUT2D eigenvalue weighted by Gasteiger charge is -2.31. The van der Waals surface area contributed by atoms with Crippen LogP contribution >= 0.6 is 0 Å². The fourth-order valence-corrected chi connectivity index (χ4v) is 3.78. The van der Waals surface area contributed by atoms with Crippen LogP contribution in [0.25, 0.3) is 0 Å². The molecule has 2 saturated heterocycles. The number of nitrogens with one attached hydrogen (secondary N) is 1. The average molecular weight is 420 g/mol. The van der Waals surface area contributed by atoms with E-state index < -0.39 is 6.09 Å². The Hall–Kier alpha value is -2.32. The molecular weight excluding hydrogens is 386 g/mol. The Balaban J connectivity index is 1.63. The van der Waals surface area contributed by atoms with Crippen LogP contribution in [0.2, 0.25) is 0 Å². The highest BCUT2D eigenvalue weighted by Crippen LogP contribution is 2.24. The SMILES string of the molecule is CCCCOC(=O)N[C@H](CCN1CCC(O)CC1)c1ccc(N2CCOC2=O)cc1. The Morgan fingerprint density at radius 2 is 2.00 bits per heavy atom. The largest absolute Gasteiger partial charge is 0.450 e. The number of hydrogen-bond donors (Lipinski definition) is 2. The van der Waals surface area contributed by atoms with E-state index in [1.165, 1.54) is 0 Å². The van der Waals surface area contributed by atoms with Crippen LogP contribution in [0.1, 0.15) is 50.6 Å². The number of amides is 2. The molecule has 2 fully saturated rings. The quantitative estimate of drug-likeness (QED) is 0.598. The number of piperidine rings is 1. The molecule has 2 aliphatic heterocycles. The number of unbranched alkanes of at least 4 members (excludes halogenated alkanes) is 1. The van der Waals surface area contributed by atoms with Crippen molar-refractivity contribution < 1.29 is 24.2 Å². The minimum Gasteiger partial charge on any atom is -0.450 e. The second-order valence-corrected chi connectivity index (χ2v) is 7.91. The lowest BCUT2D eigenvalue weighted by Crippen LogP contribution is -2.38. The van der Waals surface area contributed by atoms with Crippen LogP contribution < -0.4 is 10.2 Å². The standard InChI is InChI=1S/C22H33N3O5/c1-2-3-15-29-21(27)23-20(10-13-24-11-8-19(26)9-12-24)17-4-6-18(7-5-17)25-14-16-30-22(25)28/h4-7,19-20,26H,2-3,8-16H2,1H3,(H,23,27)/t20-/m1/s1. The Morgan fingerprint density at radius 3 is 2.63 bits per heavy atom. The van der Waals surface area contributed by atoms with Gasteiger partial charge < -0.3 is 24.8 Å². The molecule has 0 spiro atoms. The molecule has 0 radical (unpaired) electrons. The van der Waals surface area contributed by atoms with Gasteiger partial charge in [0, 0.05) is 25.3 Å². The molecule has 0 unspecified atom stereocenters. The highest BCUT2D eigenvalue weighted by molar-refractivity contribution is 5.89. The molecule has 2 N–H and O–H groups in total. The summed E-state index contributed by atoms with van der Waals surface area (Å²) in [6, 6.07) is 7.47. The topological polar surface area (TPSA) is 91.3 Å². The Kier molecular flexibility index (Phi) is 8.33. The third-order valence-corrected chi connectivity index (χ3v) is 5.68. The molecule has 166 valence electrons. The van der Waals surface area contributed by atoms with Crippen molar-refractivity contribution >= 4 is 17.9 Å². The molecule has 0 bridgehead atoms. The maximum atomic E-state index is 12.3. The van der Waals surface area contributed by atoms with Gasteiger partial charge in [-0.05, 0) is 43.4 Å². The summed E-state index contributed by atoms with van der Waals surface area (Å²) in [5, 5.41) is 12.7. The van der Waals surface area contributed by atoms with Gasteiger partial charge in [-0.1, -0.05) is 25.5 Å². The summed E-state index contributed by atoms with van der Waals surface area (Å²) in [7, 11) is 0. The molecule has 1 aromatic rings. The molecule has 8 heteroatoms. The van der Waals surface area contributed by atoms with Gasteiger partial charge in [0.05, 0.1) is 25.3 Å². The number of benzene rings is 1. The number of ether oxygens (including phenoxy) is 2. The van der Waals surface area contributed by atoms with Gasteiger partial charge in [-0.15, -0.1) is 0 Å². The summed E-state index contributed by atoms with van der Waals surface area (Å²) in [4.78, 5) is 28.0. The minimum absolute atomic E-state index is 0.189. The van der Waals surface area contributed by atoms with Gasteiger partial charge in [-0.2, -0.15) is 0 Å². The van der Waals surface area contributed by atoms with E-state index in [9.17, 15) is 14.7 Å². The van der Waals surface area contributed by atoms with Crippen LogP contribution in [0.5, 0.6) is 0 Å². The number of alkyl carbamates (subject to hydrolysis) is 1. The summed E-state index contributed by atoms with van der Waals surface area (Å²) in [6.45, 7) is 5.97. The molecule has 0 saturated carbocycles. The van der Waals surface area contributed by atoms with Crippen LogP contribution in [0.4, 0.5) is 15.3 Å². The van der Waals surface area contributed by atoms with Crippen molar-refractivity contribution in [1.82, 2.24) is 10.2 Å². The third kappa shape index (κ3) is 6.34. The number of aliphatic hydroxyl groups excluding tert-OH is 1. The molecule has 3 rings (SSSR count). The number of hydrogen-bond acceptors (Lipinski definition) is 6. The van der Waals surface area contributed by atoms with Gasteiger partial charge in [0.2, 0.25) is 0 Å². The van der Waals surface area contributed by atoms with Crippen molar-refractivity contribution in [2.45, 2.75) is 51.2 Å². The lowest BCUT2D eigenvalue weighted by atomic mass is 10.0. The predicted molar refractivity (Wildman–Crippen MR) is 114 cm³/mol. The van der Waals surface area contributed by atoms with E-state index in [2.05, 4.69) is 17.1 Å². The zero-order valence-electron chi connectivity index (χ0n) is 17.7. The van der Waals surface area contributed by atoms with E-state index in [4.69, 9.17) is 9.47 Å². The van der Waals surface area contributed by atoms with Crippen molar-refractivity contribution in [1.29, 1.82) is 0 Å². The fourth-order valence-electron chi connectivity index (χ4n) is 3.78. The Morgan fingerprint density at radius 1 is 1.27 bits per heavy atom. The molecule has 2 aliphatic rings. The van der Waals surface area contributed by atoms with E-state index in [-0.39, 0.29) is 18.2 Å². The van der Waals surface area contributed by atoms with E-state index in [0.717, 1.165) is 63.0 Å². The molecule has 0 aromatic heterocycles. The predicted octanol–water partition coefficient (Wildman–Crippen LogP) is 3.06. The molecule has 8 nitrogen and oxygen atoms in total. The van der Waals surface area contributed by atoms with Crippen molar-refractivity contribution in [3.63, 3.8) is 0 Å². The van der Waals surface area contributed by atoms with Crippen molar-refractivity contribution in [3.05, 3.63) is 29.8 Å². The summed E-state index contributed by atoms with van der Waals surface area (Å²) in [6.07, 6.45) is 3.19. The van der Waals surface area contributed by atoms with E-state index in [1.807, 2.05) is 24.3 Å². The third-order valence-electron chi connectivity index (χ3n) is 5.68. The normalized spacial score (nSPS) is 18.9. The lowest BCUT2D eigenvalue weighted by molar-refractivity contribution is 0.0803. The number of carbonyl (C=O) groups excluding carboxylic acids is 2. The highest BCUT2D eigenvalue weighted by atomic mass is 16.6. The van der Waals surface area contributed by atoms with Gasteiger partial charge in [0.1, 0.15) is 6.61 Å². The van der Waals surface area contributed by atoms with Crippen LogP contribution in [0.15, 0.2) is 24.3 Å². The van der Waals surface area contributed by atoms with Gasteiger partial charge >= 0.3 is 12.2 Å². The number of aliphatic hydroxyl groups is 1. The van der Waals surface area contributed by atoms with Crippen molar-refractivity contribution in [2.75, 3.05) is 44.3 Å². The summed E-state index contributed by atoms with van der Waals surface area (Å²) in [5.41, 5.74) is 1.76. The second kappa shape index (κ2) is 11.2. The van der Waals surface area contributed by atoms with Gasteiger partial charge in [-0.25, -0.2) is 9.59 Å². The first kappa shape index (κ1) is 22.4. The fraction of sp³-hybridized carbons (Fsp3) is 0.636. The maximum absolute atomic E-state index is 12.3. The van der Waals surface area contributed by atoms with Gasteiger partial charge in [0.25, 0.3) is 0 Å². The van der Waals surface area contributed by atoms with Crippen LogP contribution in [-0.4, -0.2) is 67.7 Å². The molecule has 2 amide bonds. The zero-order valence-corrected chi connectivity index (χ0v) is 17.7. The van der Waals surface area contributed by atoms with Crippen LogP contribution in [-0.2, 0) is 9.47 Å². The highest BCUT2D eigenvalue weighted by Gasteiger charge is 2.24. The number of cyclic esters (lactones) is 1. The first-order valence-electron chi connectivity index (χ1n) is 10.9. The van der Waals surface area contributed by atoms with E-state index in [0.29, 0.717) is 19.8 Å². The molecule has 1 atom stereocenters. The Bertz CT molecular complexity index is 689. The smallest absolute Gasteiger partial charge is 0.414 e. The Labute approximate surface area is 178 Å². The molecule has 1 aromatic carbocycles. The average Bonchev–Trinajstić information content (AvgIpc) is 3.18. The molecule has 30 heavy (non-hydrogen) atoms. The summed E-state index contributed by atoms with van der Waals surface area (Å²) in [5.74, 6) is 0. The minimum atomic E-state index is -0.408. The number of likely N-dealkylation sites (tertiary alicyclic amines) is 1. The van der Waals surface area contributed by atoms with Crippen LogP contribution in [0, 0.1) is 0 Å². The zero-order chi connectivity index (χ0) is 21.3. The van der Waals surface area contributed by atoms with Gasteiger partial charge in [-0.3, -0.25) is 4.90 Å². The van der Waals surface area contributed by atoms with Gasteiger partial charge in [0.15, 0.2) is 0 Å². The number of nitrogens with zero attached hydrogens (tertiary/aromatic N) is 2. The first-order valence-corrected chi connectivity index (χ1v) is 10.9. The number of anilines is 1. The van der Waals surface area contributed by atoms with E-state index in [1.54, 1.807) is 4.90 Å². The summed E-state index contributed by atoms with van der Waals surface area (Å²) < 4.78 is 10.3. The second-order valence-electron chi connectivity index (χ2n) is 7.91. The number of carbonyl (C=O) groups is 2. The van der Waals surface area contributed by atoms with Crippen molar-refractivity contribution in [3.8, 4) is 0 Å². The number of rotatable bonds is 9. The summed E-state index contributed by atoms with van der Waals surface area (Å²) >= 11 is 0. The first-order chi connectivity index (χ1) is 14.6. The monoisotopic (exact) mass is 419 g/mol. The molecule has 2 heterocycles.